The smallest absolute Gasteiger partial charge is 0.130 e. The van der Waals surface area contributed by atoms with Crippen LogP contribution in [0.15, 0.2) is 24.3 Å². The topological polar surface area (TPSA) is 28.7 Å². The highest BCUT2D eigenvalue weighted by molar-refractivity contribution is 6.30. The van der Waals surface area contributed by atoms with E-state index in [1.54, 1.807) is 6.07 Å². The molecule has 4 heteroatoms. The number of nitrogens with zero attached hydrogens (tertiary/aromatic N) is 1. The molecule has 0 aliphatic heterocycles. The van der Waals surface area contributed by atoms with Gasteiger partial charge in [0.2, 0.25) is 0 Å². The maximum absolute atomic E-state index is 13.2. The fraction of sp³-hybridized carbons (Fsp3) is 0.154. The molecule has 0 aliphatic rings. The van der Waals surface area contributed by atoms with E-state index in [4.69, 9.17) is 11.6 Å². The van der Waals surface area contributed by atoms with Crippen molar-refractivity contribution in [2.45, 2.75) is 13.3 Å². The zero-order valence-corrected chi connectivity index (χ0v) is 9.98. The molecular formula is C13H10ClFN2. The minimum Gasteiger partial charge on any atom is -0.353 e. The Hall–Kier alpha value is -1.61. The second-order valence-electron chi connectivity index (χ2n) is 3.98. The van der Waals surface area contributed by atoms with E-state index in [0.717, 1.165) is 33.9 Å². The van der Waals surface area contributed by atoms with Gasteiger partial charge in [0.05, 0.1) is 11.2 Å². The molecule has 3 rings (SSSR count). The fourth-order valence-corrected chi connectivity index (χ4v) is 2.37. The van der Waals surface area contributed by atoms with Crippen LogP contribution in [-0.4, -0.2) is 9.97 Å². The lowest BCUT2D eigenvalue weighted by molar-refractivity contribution is 0.629. The number of hydrogen-bond acceptors (Lipinski definition) is 1. The molecule has 0 atom stereocenters. The first-order valence-electron chi connectivity index (χ1n) is 5.45. The van der Waals surface area contributed by atoms with Gasteiger partial charge in [0.15, 0.2) is 0 Å². The Balaban J connectivity index is 2.50. The quantitative estimate of drug-likeness (QED) is 0.646. The van der Waals surface area contributed by atoms with Crippen molar-refractivity contribution in [2.75, 3.05) is 0 Å². The average Bonchev–Trinajstić information content (AvgIpc) is 2.65. The monoisotopic (exact) mass is 248 g/mol. The van der Waals surface area contributed by atoms with Crippen LogP contribution in [-0.2, 0) is 6.42 Å². The van der Waals surface area contributed by atoms with Crippen molar-refractivity contribution in [3.63, 3.8) is 0 Å². The standard InChI is InChI=1S/C13H10ClFN2/c1-2-10-13-9(6-12(14)16-10)8-4-3-7(15)5-11(8)17-13/h3-6,17H,2H2,1H3. The summed E-state index contributed by atoms with van der Waals surface area (Å²) in [6, 6.07) is 6.52. The molecule has 2 heterocycles. The Morgan fingerprint density at radius 2 is 2.12 bits per heavy atom. The van der Waals surface area contributed by atoms with Crippen LogP contribution in [0, 0.1) is 5.82 Å². The molecule has 0 aliphatic carbocycles. The molecule has 0 saturated carbocycles. The molecule has 0 radical (unpaired) electrons. The van der Waals surface area contributed by atoms with Crippen molar-refractivity contribution < 1.29 is 4.39 Å². The van der Waals surface area contributed by atoms with Crippen LogP contribution in [0.25, 0.3) is 21.8 Å². The van der Waals surface area contributed by atoms with Crippen LogP contribution < -0.4 is 0 Å². The molecule has 2 aromatic heterocycles. The van der Waals surface area contributed by atoms with Crippen LogP contribution in [0.1, 0.15) is 12.6 Å². The predicted molar refractivity (Wildman–Crippen MR) is 67.9 cm³/mol. The highest BCUT2D eigenvalue weighted by Crippen LogP contribution is 2.29. The zero-order chi connectivity index (χ0) is 12.0. The minimum absolute atomic E-state index is 0.249. The van der Waals surface area contributed by atoms with Gasteiger partial charge in [-0.15, -0.1) is 0 Å². The van der Waals surface area contributed by atoms with Crippen molar-refractivity contribution >= 4 is 33.4 Å². The van der Waals surface area contributed by atoms with Gasteiger partial charge >= 0.3 is 0 Å². The third-order valence-electron chi connectivity index (χ3n) is 2.93. The highest BCUT2D eigenvalue weighted by Gasteiger charge is 2.10. The van der Waals surface area contributed by atoms with Crippen LogP contribution in [0.2, 0.25) is 5.15 Å². The third kappa shape index (κ3) is 1.58. The van der Waals surface area contributed by atoms with E-state index in [1.165, 1.54) is 12.1 Å². The lowest BCUT2D eigenvalue weighted by Gasteiger charge is -1.99. The Kier molecular flexibility index (Phi) is 2.30. The first kappa shape index (κ1) is 10.5. The summed E-state index contributed by atoms with van der Waals surface area (Å²) in [4.78, 5) is 7.48. The fourth-order valence-electron chi connectivity index (χ4n) is 2.16. The summed E-state index contributed by atoms with van der Waals surface area (Å²) in [6.45, 7) is 2.02. The Labute approximate surface area is 102 Å². The van der Waals surface area contributed by atoms with Gasteiger partial charge in [0.1, 0.15) is 11.0 Å². The minimum atomic E-state index is -0.249. The molecule has 3 aromatic rings. The number of hydrogen-bond donors (Lipinski definition) is 1. The van der Waals surface area contributed by atoms with Gasteiger partial charge in [0, 0.05) is 16.3 Å². The summed E-state index contributed by atoms with van der Waals surface area (Å²) in [5.74, 6) is -0.249. The number of rotatable bonds is 1. The first-order valence-corrected chi connectivity index (χ1v) is 5.83. The van der Waals surface area contributed by atoms with Crippen molar-refractivity contribution in [1.82, 2.24) is 9.97 Å². The van der Waals surface area contributed by atoms with E-state index in [9.17, 15) is 4.39 Å². The van der Waals surface area contributed by atoms with Gasteiger partial charge in [0.25, 0.3) is 0 Å². The van der Waals surface area contributed by atoms with E-state index in [2.05, 4.69) is 9.97 Å². The summed E-state index contributed by atoms with van der Waals surface area (Å²) in [7, 11) is 0. The van der Waals surface area contributed by atoms with E-state index >= 15 is 0 Å². The van der Waals surface area contributed by atoms with Crippen LogP contribution in [0.5, 0.6) is 0 Å². The van der Waals surface area contributed by atoms with Crippen LogP contribution in [0.3, 0.4) is 0 Å². The first-order chi connectivity index (χ1) is 8.19. The summed E-state index contributed by atoms with van der Waals surface area (Å²) < 4.78 is 13.2. The van der Waals surface area contributed by atoms with Crippen molar-refractivity contribution in [3.05, 3.63) is 40.9 Å². The highest BCUT2D eigenvalue weighted by atomic mass is 35.5. The van der Waals surface area contributed by atoms with Crippen LogP contribution in [0.4, 0.5) is 4.39 Å². The van der Waals surface area contributed by atoms with E-state index in [1.807, 2.05) is 13.0 Å². The van der Waals surface area contributed by atoms with Crippen molar-refractivity contribution in [2.24, 2.45) is 0 Å². The van der Waals surface area contributed by atoms with E-state index in [-0.39, 0.29) is 5.82 Å². The third-order valence-corrected chi connectivity index (χ3v) is 3.12. The molecule has 0 spiro atoms. The maximum atomic E-state index is 13.2. The average molecular weight is 249 g/mol. The van der Waals surface area contributed by atoms with Gasteiger partial charge in [-0.2, -0.15) is 0 Å². The van der Waals surface area contributed by atoms with E-state index in [0.29, 0.717) is 5.15 Å². The number of fused-ring (bicyclic) bond motifs is 3. The van der Waals surface area contributed by atoms with Gasteiger partial charge < -0.3 is 4.98 Å². The van der Waals surface area contributed by atoms with Crippen molar-refractivity contribution in [3.8, 4) is 0 Å². The SMILES string of the molecule is CCc1nc(Cl)cc2c1[nH]c1cc(F)ccc12. The van der Waals surface area contributed by atoms with Crippen molar-refractivity contribution in [1.29, 1.82) is 0 Å². The number of aromatic amines is 1. The van der Waals surface area contributed by atoms with Gasteiger partial charge in [-0.25, -0.2) is 9.37 Å². The maximum Gasteiger partial charge on any atom is 0.130 e. The molecule has 0 bridgehead atoms. The number of benzene rings is 1. The number of aromatic nitrogens is 2. The summed E-state index contributed by atoms with van der Waals surface area (Å²) in [6.07, 6.45) is 0.784. The number of pyridine rings is 1. The largest absolute Gasteiger partial charge is 0.353 e. The summed E-state index contributed by atoms with van der Waals surface area (Å²) in [5.41, 5.74) is 2.63. The number of halogens is 2. The summed E-state index contributed by atoms with van der Waals surface area (Å²) >= 11 is 5.99. The predicted octanol–water partition coefficient (Wildman–Crippen LogP) is 4.07. The molecule has 0 amide bonds. The second kappa shape index (κ2) is 3.70. The molecule has 1 N–H and O–H groups in total. The molecule has 2 nitrogen and oxygen atoms in total. The lowest BCUT2D eigenvalue weighted by Crippen LogP contribution is -1.88. The number of H-pyrrole nitrogens is 1. The molecule has 0 fully saturated rings. The molecule has 0 unspecified atom stereocenters. The molecule has 0 saturated heterocycles. The van der Waals surface area contributed by atoms with E-state index < -0.39 is 0 Å². The molecular weight excluding hydrogens is 239 g/mol. The van der Waals surface area contributed by atoms with Gasteiger partial charge in [-0.05, 0) is 30.7 Å². The summed E-state index contributed by atoms with van der Waals surface area (Å²) in [5, 5.41) is 2.44. The Bertz CT molecular complexity index is 718. The molecule has 86 valence electrons. The molecule has 17 heavy (non-hydrogen) atoms. The lowest BCUT2D eigenvalue weighted by atomic mass is 10.1. The van der Waals surface area contributed by atoms with Gasteiger partial charge in [-0.3, -0.25) is 0 Å². The van der Waals surface area contributed by atoms with Crippen LogP contribution >= 0.6 is 11.6 Å². The molecule has 1 aromatic carbocycles. The zero-order valence-electron chi connectivity index (χ0n) is 9.22. The normalized spacial score (nSPS) is 11.5. The van der Waals surface area contributed by atoms with Gasteiger partial charge in [-0.1, -0.05) is 18.5 Å². The Morgan fingerprint density at radius 1 is 1.29 bits per heavy atom. The number of nitrogens with one attached hydrogen (secondary N) is 1. The number of aryl methyl sites for hydroxylation is 1. The second-order valence-corrected chi connectivity index (χ2v) is 4.37. The Morgan fingerprint density at radius 3 is 2.88 bits per heavy atom.